The molecule has 0 spiro atoms. The van der Waals surface area contributed by atoms with Gasteiger partial charge in [0.1, 0.15) is 18.0 Å². The molecule has 0 aromatic rings. The molecule has 3 rings (SSSR count). The third-order valence-corrected chi connectivity index (χ3v) is 5.05. The van der Waals surface area contributed by atoms with E-state index in [2.05, 4.69) is 6.58 Å². The van der Waals surface area contributed by atoms with Crippen molar-refractivity contribution >= 4 is 29.7 Å². The molecule has 0 radical (unpaired) electrons. The Labute approximate surface area is 148 Å². The molecule has 2 saturated carbocycles. The fourth-order valence-electron chi connectivity index (χ4n) is 4.04. The van der Waals surface area contributed by atoms with Crippen molar-refractivity contribution in [2.45, 2.75) is 25.0 Å². The Hall–Kier alpha value is -2.71. The number of esters is 4. The molecule has 3 aliphatic rings. The summed E-state index contributed by atoms with van der Waals surface area (Å²) in [6.45, 7) is 3.27. The van der Waals surface area contributed by atoms with Crippen LogP contribution in [-0.2, 0) is 42.9 Å². The van der Waals surface area contributed by atoms with Crippen molar-refractivity contribution in [2.75, 3.05) is 13.7 Å². The zero-order valence-electron chi connectivity index (χ0n) is 14.0. The molecule has 1 saturated heterocycles. The van der Waals surface area contributed by atoms with Gasteiger partial charge in [-0.05, 0) is 6.42 Å². The van der Waals surface area contributed by atoms with Crippen molar-refractivity contribution < 1.29 is 42.9 Å². The van der Waals surface area contributed by atoms with Gasteiger partial charge in [-0.25, -0.2) is 4.79 Å². The molecular weight excluding hydrogens is 348 g/mol. The lowest BCUT2D eigenvalue weighted by Gasteiger charge is -2.28. The van der Waals surface area contributed by atoms with Crippen LogP contribution in [0.3, 0.4) is 0 Å². The third kappa shape index (κ3) is 2.77. The highest BCUT2D eigenvalue weighted by atomic mass is 16.6. The summed E-state index contributed by atoms with van der Waals surface area (Å²) in [7, 11) is 1.17. The van der Waals surface area contributed by atoms with Crippen molar-refractivity contribution in [2.24, 2.45) is 23.7 Å². The number of carbonyl (C=O) groups excluding carboxylic acids is 5. The number of methoxy groups -OCH3 is 1. The van der Waals surface area contributed by atoms with Gasteiger partial charge in [0.25, 0.3) is 0 Å². The molecule has 0 aromatic carbocycles. The topological polar surface area (TPSA) is 122 Å². The second kappa shape index (κ2) is 6.89. The van der Waals surface area contributed by atoms with Crippen LogP contribution >= 0.6 is 0 Å². The molecule has 1 aliphatic heterocycles. The molecular formula is C17H18O9. The first-order valence-electron chi connectivity index (χ1n) is 8.21. The molecule has 9 nitrogen and oxygen atoms in total. The van der Waals surface area contributed by atoms with Crippen molar-refractivity contribution in [1.82, 2.24) is 0 Å². The maximum atomic E-state index is 12.5. The predicted molar refractivity (Wildman–Crippen MR) is 81.1 cm³/mol. The van der Waals surface area contributed by atoms with Crippen LogP contribution in [0.25, 0.3) is 0 Å². The van der Waals surface area contributed by atoms with E-state index in [0.29, 0.717) is 0 Å². The van der Waals surface area contributed by atoms with E-state index in [1.165, 1.54) is 7.11 Å². The average Bonchev–Trinajstić information content (AvgIpc) is 3.17. The van der Waals surface area contributed by atoms with Crippen LogP contribution in [0.1, 0.15) is 12.8 Å². The highest BCUT2D eigenvalue weighted by Crippen LogP contribution is 2.56. The van der Waals surface area contributed by atoms with Crippen LogP contribution in [-0.4, -0.2) is 55.6 Å². The molecule has 1 heterocycles. The van der Waals surface area contributed by atoms with E-state index in [9.17, 15) is 24.0 Å². The summed E-state index contributed by atoms with van der Waals surface area (Å²) < 4.78 is 20.0. The predicted octanol–water partition coefficient (Wildman–Crippen LogP) is -0.433. The highest BCUT2D eigenvalue weighted by molar-refractivity contribution is 6.03. The van der Waals surface area contributed by atoms with E-state index in [1.807, 2.05) is 0 Å². The molecule has 140 valence electrons. The lowest BCUT2D eigenvalue weighted by Crippen LogP contribution is -2.43. The van der Waals surface area contributed by atoms with Crippen LogP contribution in [0.15, 0.2) is 12.7 Å². The number of ketones is 1. The van der Waals surface area contributed by atoms with Crippen LogP contribution in [0, 0.1) is 23.7 Å². The summed E-state index contributed by atoms with van der Waals surface area (Å²) in [5.41, 5.74) is 0. The van der Waals surface area contributed by atoms with E-state index >= 15 is 0 Å². The minimum Gasteiger partial charge on any atom is -0.469 e. The minimum absolute atomic E-state index is 0.0148. The number of rotatable bonds is 7. The summed E-state index contributed by atoms with van der Waals surface area (Å²) in [5, 5.41) is 0. The fourth-order valence-corrected chi connectivity index (χ4v) is 4.04. The fraction of sp³-hybridized carbons (Fsp3) is 0.588. The second-order valence-electron chi connectivity index (χ2n) is 6.36. The van der Waals surface area contributed by atoms with Gasteiger partial charge in [-0.1, -0.05) is 6.58 Å². The first-order valence-corrected chi connectivity index (χ1v) is 8.21. The number of fused-ring (bicyclic) bond motifs is 1. The maximum absolute atomic E-state index is 12.5. The smallest absolute Gasteiger partial charge is 0.330 e. The van der Waals surface area contributed by atoms with Crippen molar-refractivity contribution in [3.8, 4) is 0 Å². The van der Waals surface area contributed by atoms with Gasteiger partial charge in [-0.2, -0.15) is 0 Å². The maximum Gasteiger partial charge on any atom is 0.330 e. The number of Topliss-reactive ketones (excluding diaryl/α,β-unsaturated/α-hetero) is 1. The Balaban J connectivity index is 1.63. The van der Waals surface area contributed by atoms with E-state index in [-0.39, 0.29) is 25.2 Å². The summed E-state index contributed by atoms with van der Waals surface area (Å²) >= 11 is 0. The van der Waals surface area contributed by atoms with Crippen molar-refractivity contribution in [3.63, 3.8) is 0 Å². The zero-order valence-corrected chi connectivity index (χ0v) is 14.0. The number of hydrogen-bond acceptors (Lipinski definition) is 9. The molecule has 0 N–H and O–H groups in total. The quantitative estimate of drug-likeness (QED) is 0.255. The van der Waals surface area contributed by atoms with Crippen LogP contribution < -0.4 is 0 Å². The lowest BCUT2D eigenvalue weighted by molar-refractivity contribution is -0.165. The Morgan fingerprint density at radius 1 is 1.19 bits per heavy atom. The van der Waals surface area contributed by atoms with Crippen molar-refractivity contribution in [3.05, 3.63) is 12.7 Å². The SMILES string of the molecule is C=CC(=O)OCCCC(=O)OC1C2OC(=O)C3C2C(=O)C1C3C(=O)OC. The highest BCUT2D eigenvalue weighted by Gasteiger charge is 2.74. The number of carbonyl (C=O) groups is 5. The monoisotopic (exact) mass is 366 g/mol. The van der Waals surface area contributed by atoms with Crippen LogP contribution in [0.2, 0.25) is 0 Å². The Bertz CT molecular complexity index is 682. The first kappa shape index (κ1) is 18.1. The number of hydrogen-bond donors (Lipinski definition) is 0. The summed E-state index contributed by atoms with van der Waals surface area (Å²) in [5.74, 6) is -6.42. The van der Waals surface area contributed by atoms with Gasteiger partial charge in [0.2, 0.25) is 0 Å². The number of ether oxygens (including phenoxy) is 4. The van der Waals surface area contributed by atoms with Gasteiger partial charge in [0, 0.05) is 12.5 Å². The normalized spacial score (nSPS) is 33.6. The zero-order chi connectivity index (χ0) is 19.0. The summed E-state index contributed by atoms with van der Waals surface area (Å²) in [6.07, 6.45) is -0.673. The average molecular weight is 366 g/mol. The second-order valence-corrected chi connectivity index (χ2v) is 6.36. The molecule has 26 heavy (non-hydrogen) atoms. The molecule has 6 unspecified atom stereocenters. The molecule has 2 aliphatic carbocycles. The van der Waals surface area contributed by atoms with Gasteiger partial charge in [0.15, 0.2) is 0 Å². The van der Waals surface area contributed by atoms with Gasteiger partial charge in [0.05, 0.1) is 37.4 Å². The van der Waals surface area contributed by atoms with E-state index in [0.717, 1.165) is 6.08 Å². The largest absolute Gasteiger partial charge is 0.469 e. The molecule has 0 aromatic heterocycles. The Morgan fingerprint density at radius 3 is 2.58 bits per heavy atom. The van der Waals surface area contributed by atoms with Gasteiger partial charge >= 0.3 is 23.9 Å². The molecule has 2 bridgehead atoms. The minimum atomic E-state index is -0.998. The molecule has 6 atom stereocenters. The Kier molecular flexibility index (Phi) is 4.80. The Morgan fingerprint density at radius 2 is 1.92 bits per heavy atom. The van der Waals surface area contributed by atoms with Crippen molar-refractivity contribution in [1.29, 1.82) is 0 Å². The summed E-state index contributed by atoms with van der Waals surface area (Å²) in [4.78, 5) is 59.5. The molecule has 3 fully saturated rings. The van der Waals surface area contributed by atoms with Gasteiger partial charge in [-0.15, -0.1) is 0 Å². The van der Waals surface area contributed by atoms with E-state index < -0.39 is 59.8 Å². The lowest BCUT2D eigenvalue weighted by atomic mass is 9.78. The van der Waals surface area contributed by atoms with Gasteiger partial charge in [-0.3, -0.25) is 19.2 Å². The van der Waals surface area contributed by atoms with Crippen LogP contribution in [0.4, 0.5) is 0 Å². The van der Waals surface area contributed by atoms with E-state index in [1.54, 1.807) is 0 Å². The standard InChI is InChI=1S/C17H18O9/c1-3-7(18)24-6-4-5-8(19)25-14-11-9(16(21)23-2)10-12(13(11)20)15(14)26-17(10)22/h3,9-12,14-15H,1,4-6H2,2H3. The van der Waals surface area contributed by atoms with Gasteiger partial charge < -0.3 is 18.9 Å². The molecule has 0 amide bonds. The van der Waals surface area contributed by atoms with Crippen LogP contribution in [0.5, 0.6) is 0 Å². The first-order chi connectivity index (χ1) is 12.4. The molecule has 9 heteroatoms. The third-order valence-electron chi connectivity index (χ3n) is 5.05. The van der Waals surface area contributed by atoms with E-state index in [4.69, 9.17) is 18.9 Å². The summed E-state index contributed by atoms with van der Waals surface area (Å²) in [6, 6.07) is 0.